The molecule has 0 aliphatic carbocycles. The minimum Gasteiger partial charge on any atom is -0.333 e. The van der Waals surface area contributed by atoms with E-state index in [0.29, 0.717) is 12.1 Å². The molecule has 6 heteroatoms. The lowest BCUT2D eigenvalue weighted by atomic mass is 10.0. The van der Waals surface area contributed by atoms with Gasteiger partial charge in [0.15, 0.2) is 11.6 Å². The maximum absolute atomic E-state index is 14.0. The predicted molar refractivity (Wildman–Crippen MR) is 70.8 cm³/mol. The molecular formula is C14H16F2N4. The van der Waals surface area contributed by atoms with E-state index in [0.717, 1.165) is 25.0 Å². The van der Waals surface area contributed by atoms with Gasteiger partial charge in [-0.1, -0.05) is 12.1 Å². The maximum Gasteiger partial charge on any atom is 0.163 e. The third kappa shape index (κ3) is 2.21. The first kappa shape index (κ1) is 13.2. The van der Waals surface area contributed by atoms with Gasteiger partial charge in [0.25, 0.3) is 0 Å². The van der Waals surface area contributed by atoms with Crippen LogP contribution in [0.1, 0.15) is 17.4 Å². The van der Waals surface area contributed by atoms with Crippen LogP contribution in [0.5, 0.6) is 0 Å². The second-order valence-electron chi connectivity index (χ2n) is 4.90. The van der Waals surface area contributed by atoms with E-state index in [-0.39, 0.29) is 12.6 Å². The topological polar surface area (TPSA) is 47.1 Å². The predicted octanol–water partition coefficient (Wildman–Crippen LogP) is 1.68. The minimum atomic E-state index is -0.834. The first-order valence-corrected chi connectivity index (χ1v) is 6.58. The van der Waals surface area contributed by atoms with Crippen molar-refractivity contribution in [2.45, 2.75) is 19.1 Å². The van der Waals surface area contributed by atoms with Crippen LogP contribution in [0.2, 0.25) is 0 Å². The Morgan fingerprint density at radius 2 is 2.15 bits per heavy atom. The molecule has 2 heterocycles. The second kappa shape index (κ2) is 5.30. The maximum atomic E-state index is 14.0. The summed E-state index contributed by atoms with van der Waals surface area (Å²) in [6.45, 7) is 2.34. The molecule has 1 aliphatic rings. The number of imidazole rings is 1. The monoisotopic (exact) mass is 278 g/mol. The van der Waals surface area contributed by atoms with Crippen LogP contribution in [-0.4, -0.2) is 27.5 Å². The highest BCUT2D eigenvalue weighted by atomic mass is 19.2. The fraction of sp³-hybridized carbons (Fsp3) is 0.357. The van der Waals surface area contributed by atoms with Crippen LogP contribution in [0.4, 0.5) is 8.78 Å². The Kier molecular flexibility index (Phi) is 3.50. The normalized spacial score (nSPS) is 16.9. The SMILES string of the molecule is NCC(c1cccc(F)c1F)N1CCn2ccnc2C1. The molecule has 0 fully saturated rings. The average Bonchev–Trinajstić information content (AvgIpc) is 2.92. The summed E-state index contributed by atoms with van der Waals surface area (Å²) < 4.78 is 29.4. The Morgan fingerprint density at radius 3 is 2.95 bits per heavy atom. The highest BCUT2D eigenvalue weighted by molar-refractivity contribution is 5.23. The summed E-state index contributed by atoms with van der Waals surface area (Å²) in [6, 6.07) is 3.89. The summed E-state index contributed by atoms with van der Waals surface area (Å²) in [6.07, 6.45) is 3.67. The zero-order valence-electron chi connectivity index (χ0n) is 11.0. The molecule has 0 saturated carbocycles. The first-order chi connectivity index (χ1) is 9.70. The van der Waals surface area contributed by atoms with Crippen LogP contribution < -0.4 is 5.73 Å². The molecule has 1 unspecified atom stereocenters. The summed E-state index contributed by atoms with van der Waals surface area (Å²) in [5.74, 6) is -0.720. The van der Waals surface area contributed by atoms with Gasteiger partial charge in [-0.25, -0.2) is 13.8 Å². The van der Waals surface area contributed by atoms with Crippen molar-refractivity contribution >= 4 is 0 Å². The van der Waals surface area contributed by atoms with E-state index in [1.54, 1.807) is 12.3 Å². The average molecular weight is 278 g/mol. The van der Waals surface area contributed by atoms with Crippen LogP contribution in [0.15, 0.2) is 30.6 Å². The lowest BCUT2D eigenvalue weighted by molar-refractivity contribution is 0.153. The molecule has 0 bridgehead atoms. The highest BCUT2D eigenvalue weighted by Crippen LogP contribution is 2.27. The highest BCUT2D eigenvalue weighted by Gasteiger charge is 2.27. The van der Waals surface area contributed by atoms with E-state index in [1.807, 2.05) is 11.1 Å². The van der Waals surface area contributed by atoms with Crippen LogP contribution in [0.3, 0.4) is 0 Å². The zero-order valence-corrected chi connectivity index (χ0v) is 11.0. The lowest BCUT2D eigenvalue weighted by Crippen LogP contribution is -2.40. The van der Waals surface area contributed by atoms with Crippen molar-refractivity contribution in [2.75, 3.05) is 13.1 Å². The van der Waals surface area contributed by atoms with Gasteiger partial charge in [0.1, 0.15) is 5.82 Å². The molecule has 0 amide bonds. The molecule has 4 nitrogen and oxygen atoms in total. The van der Waals surface area contributed by atoms with Gasteiger partial charge in [-0.3, -0.25) is 4.90 Å². The number of rotatable bonds is 3. The number of aromatic nitrogens is 2. The summed E-state index contributed by atoms with van der Waals surface area (Å²) in [4.78, 5) is 6.31. The molecule has 2 aromatic rings. The van der Waals surface area contributed by atoms with E-state index < -0.39 is 11.6 Å². The zero-order chi connectivity index (χ0) is 14.1. The third-order valence-electron chi connectivity index (χ3n) is 3.78. The van der Waals surface area contributed by atoms with Crippen LogP contribution in [-0.2, 0) is 13.1 Å². The van der Waals surface area contributed by atoms with Gasteiger partial charge in [0.05, 0.1) is 12.6 Å². The van der Waals surface area contributed by atoms with Crippen molar-refractivity contribution in [3.63, 3.8) is 0 Å². The number of hydrogen-bond acceptors (Lipinski definition) is 3. The quantitative estimate of drug-likeness (QED) is 0.929. The van der Waals surface area contributed by atoms with Gasteiger partial charge in [-0.05, 0) is 6.07 Å². The molecule has 3 rings (SSSR count). The smallest absolute Gasteiger partial charge is 0.163 e. The summed E-state index contributed by atoms with van der Waals surface area (Å²) in [7, 11) is 0. The standard InChI is InChI=1S/C14H16F2N4/c15-11-3-1-2-10(14(11)16)12(8-17)20-7-6-19-5-4-18-13(19)9-20/h1-5,12H,6-9,17H2. The van der Waals surface area contributed by atoms with Crippen molar-refractivity contribution in [1.82, 2.24) is 14.5 Å². The molecule has 0 radical (unpaired) electrons. The molecule has 1 aromatic carbocycles. The van der Waals surface area contributed by atoms with E-state index >= 15 is 0 Å². The Bertz CT molecular complexity index is 611. The van der Waals surface area contributed by atoms with Crippen LogP contribution >= 0.6 is 0 Å². The van der Waals surface area contributed by atoms with E-state index in [2.05, 4.69) is 9.55 Å². The van der Waals surface area contributed by atoms with Crippen molar-refractivity contribution in [1.29, 1.82) is 0 Å². The van der Waals surface area contributed by atoms with Crippen molar-refractivity contribution in [2.24, 2.45) is 5.73 Å². The number of nitrogens with two attached hydrogens (primary N) is 1. The minimum absolute atomic E-state index is 0.237. The Balaban J connectivity index is 1.89. The second-order valence-corrected chi connectivity index (χ2v) is 4.90. The van der Waals surface area contributed by atoms with Crippen LogP contribution in [0, 0.1) is 11.6 Å². The molecule has 1 aromatic heterocycles. The lowest BCUT2D eigenvalue weighted by Gasteiger charge is -2.34. The Morgan fingerprint density at radius 1 is 1.30 bits per heavy atom. The van der Waals surface area contributed by atoms with Crippen molar-refractivity contribution < 1.29 is 8.78 Å². The van der Waals surface area contributed by atoms with Crippen molar-refractivity contribution in [3.8, 4) is 0 Å². The van der Waals surface area contributed by atoms with Crippen LogP contribution in [0.25, 0.3) is 0 Å². The van der Waals surface area contributed by atoms with Gasteiger partial charge in [-0.2, -0.15) is 0 Å². The summed E-state index contributed by atoms with van der Waals surface area (Å²) in [5, 5.41) is 0. The van der Waals surface area contributed by atoms with Gasteiger partial charge >= 0.3 is 0 Å². The molecular weight excluding hydrogens is 262 g/mol. The summed E-state index contributed by atoms with van der Waals surface area (Å²) in [5.41, 5.74) is 6.10. The molecule has 1 aliphatic heterocycles. The van der Waals surface area contributed by atoms with Gasteiger partial charge in [-0.15, -0.1) is 0 Å². The number of hydrogen-bond donors (Lipinski definition) is 1. The number of nitrogens with zero attached hydrogens (tertiary/aromatic N) is 3. The van der Waals surface area contributed by atoms with Gasteiger partial charge < -0.3 is 10.3 Å². The van der Waals surface area contributed by atoms with E-state index in [1.165, 1.54) is 6.07 Å². The molecule has 20 heavy (non-hydrogen) atoms. The van der Waals surface area contributed by atoms with Crippen molar-refractivity contribution in [3.05, 3.63) is 53.6 Å². The molecule has 0 spiro atoms. The molecule has 0 saturated heterocycles. The Hall–Kier alpha value is -1.79. The molecule has 106 valence electrons. The largest absolute Gasteiger partial charge is 0.333 e. The van der Waals surface area contributed by atoms with E-state index in [9.17, 15) is 8.78 Å². The van der Waals surface area contributed by atoms with Gasteiger partial charge in [0.2, 0.25) is 0 Å². The summed E-state index contributed by atoms with van der Waals surface area (Å²) >= 11 is 0. The molecule has 1 atom stereocenters. The fourth-order valence-corrected chi connectivity index (χ4v) is 2.71. The number of halogens is 2. The number of benzene rings is 1. The Labute approximate surface area is 115 Å². The van der Waals surface area contributed by atoms with E-state index in [4.69, 9.17) is 5.73 Å². The fourth-order valence-electron chi connectivity index (χ4n) is 2.71. The molecule has 2 N–H and O–H groups in total. The van der Waals surface area contributed by atoms with Gasteiger partial charge in [0, 0.05) is 37.6 Å². The number of fused-ring (bicyclic) bond motifs is 1. The first-order valence-electron chi connectivity index (χ1n) is 6.58. The third-order valence-corrected chi connectivity index (χ3v) is 3.78.